The van der Waals surface area contributed by atoms with E-state index in [-0.39, 0.29) is 5.82 Å². The SMILES string of the molecule is Cc1cc(OCCCN2CCN(c3ccccc3)CC2)nc(-c2ccc(F)cc2)n1. The third-order valence-electron chi connectivity index (χ3n) is 5.30. The van der Waals surface area contributed by atoms with Crippen LogP contribution in [0.5, 0.6) is 5.88 Å². The Hall–Kier alpha value is -2.99. The fraction of sp³-hybridized carbons (Fsp3) is 0.333. The molecule has 0 saturated carbocycles. The molecule has 0 N–H and O–H groups in total. The predicted molar refractivity (Wildman–Crippen MR) is 117 cm³/mol. The molecule has 1 aromatic heterocycles. The highest BCUT2D eigenvalue weighted by atomic mass is 19.1. The highest BCUT2D eigenvalue weighted by Crippen LogP contribution is 2.20. The molecule has 0 unspecified atom stereocenters. The predicted octanol–water partition coefficient (Wildman–Crippen LogP) is 4.18. The van der Waals surface area contributed by atoms with Gasteiger partial charge in [0.2, 0.25) is 5.88 Å². The molecular weight excluding hydrogens is 379 g/mol. The van der Waals surface area contributed by atoms with E-state index in [2.05, 4.69) is 50.1 Å². The van der Waals surface area contributed by atoms with Gasteiger partial charge in [0.05, 0.1) is 6.61 Å². The summed E-state index contributed by atoms with van der Waals surface area (Å²) in [6, 6.07) is 18.6. The molecule has 0 bridgehead atoms. The van der Waals surface area contributed by atoms with Gasteiger partial charge in [0.1, 0.15) is 5.82 Å². The maximum Gasteiger partial charge on any atom is 0.217 e. The summed E-state index contributed by atoms with van der Waals surface area (Å²) in [5.74, 6) is 0.852. The second kappa shape index (κ2) is 9.67. The van der Waals surface area contributed by atoms with E-state index in [0.717, 1.165) is 50.4 Å². The van der Waals surface area contributed by atoms with E-state index in [9.17, 15) is 4.39 Å². The van der Waals surface area contributed by atoms with Crippen molar-refractivity contribution in [3.63, 3.8) is 0 Å². The number of benzene rings is 2. The van der Waals surface area contributed by atoms with Crippen LogP contribution in [0.2, 0.25) is 0 Å². The Morgan fingerprint density at radius 2 is 1.67 bits per heavy atom. The lowest BCUT2D eigenvalue weighted by Gasteiger charge is -2.36. The van der Waals surface area contributed by atoms with E-state index < -0.39 is 0 Å². The van der Waals surface area contributed by atoms with Crippen molar-refractivity contribution in [1.82, 2.24) is 14.9 Å². The van der Waals surface area contributed by atoms with Crippen LogP contribution in [0.4, 0.5) is 10.1 Å². The van der Waals surface area contributed by atoms with Gasteiger partial charge in [-0.3, -0.25) is 4.90 Å². The van der Waals surface area contributed by atoms with E-state index in [1.54, 1.807) is 12.1 Å². The van der Waals surface area contributed by atoms with Crippen LogP contribution in [0.25, 0.3) is 11.4 Å². The first-order valence-corrected chi connectivity index (χ1v) is 10.4. The van der Waals surface area contributed by atoms with Crippen molar-refractivity contribution in [2.45, 2.75) is 13.3 Å². The third-order valence-corrected chi connectivity index (χ3v) is 5.30. The summed E-state index contributed by atoms with van der Waals surface area (Å²) >= 11 is 0. The van der Waals surface area contributed by atoms with Crippen LogP contribution in [0.1, 0.15) is 12.1 Å². The second-order valence-electron chi connectivity index (χ2n) is 7.54. The van der Waals surface area contributed by atoms with Gasteiger partial charge in [0.25, 0.3) is 0 Å². The van der Waals surface area contributed by atoms with Crippen LogP contribution in [-0.4, -0.2) is 54.2 Å². The van der Waals surface area contributed by atoms with Crippen molar-refractivity contribution >= 4 is 5.69 Å². The monoisotopic (exact) mass is 406 g/mol. The van der Waals surface area contributed by atoms with Gasteiger partial charge in [0.15, 0.2) is 5.82 Å². The van der Waals surface area contributed by atoms with E-state index in [0.29, 0.717) is 18.3 Å². The number of aromatic nitrogens is 2. The molecule has 1 aliphatic rings. The summed E-state index contributed by atoms with van der Waals surface area (Å²) in [5.41, 5.74) is 2.91. The molecule has 5 nitrogen and oxygen atoms in total. The normalized spacial score (nSPS) is 14.7. The molecule has 1 aliphatic heterocycles. The van der Waals surface area contributed by atoms with Crippen LogP contribution in [0.15, 0.2) is 60.7 Å². The topological polar surface area (TPSA) is 41.5 Å². The Kier molecular flexibility index (Phi) is 6.54. The number of hydrogen-bond acceptors (Lipinski definition) is 5. The quantitative estimate of drug-likeness (QED) is 0.551. The molecule has 0 aliphatic carbocycles. The van der Waals surface area contributed by atoms with Crippen LogP contribution in [0.3, 0.4) is 0 Å². The Morgan fingerprint density at radius 3 is 2.40 bits per heavy atom. The lowest BCUT2D eigenvalue weighted by Crippen LogP contribution is -2.46. The molecule has 1 saturated heterocycles. The minimum atomic E-state index is -0.271. The number of para-hydroxylation sites is 1. The number of piperazine rings is 1. The van der Waals surface area contributed by atoms with Gasteiger partial charge in [-0.25, -0.2) is 9.37 Å². The summed E-state index contributed by atoms with van der Waals surface area (Å²) < 4.78 is 19.0. The molecule has 2 aromatic carbocycles. The van der Waals surface area contributed by atoms with E-state index in [4.69, 9.17) is 4.74 Å². The van der Waals surface area contributed by atoms with Crippen LogP contribution in [0, 0.1) is 12.7 Å². The molecular formula is C24H27FN4O. The van der Waals surface area contributed by atoms with Crippen LogP contribution >= 0.6 is 0 Å². The first kappa shape index (κ1) is 20.3. The largest absolute Gasteiger partial charge is 0.478 e. The number of aryl methyl sites for hydroxylation is 1. The molecule has 1 fully saturated rings. The average molecular weight is 407 g/mol. The van der Waals surface area contributed by atoms with Gasteiger partial charge in [0, 0.05) is 55.7 Å². The third kappa shape index (κ3) is 5.33. The molecule has 2 heterocycles. The first-order chi connectivity index (χ1) is 14.7. The summed E-state index contributed by atoms with van der Waals surface area (Å²) in [6.07, 6.45) is 0.945. The maximum absolute atomic E-state index is 13.2. The number of ether oxygens (including phenoxy) is 1. The van der Waals surface area contributed by atoms with Crippen molar-refractivity contribution < 1.29 is 9.13 Å². The second-order valence-corrected chi connectivity index (χ2v) is 7.54. The van der Waals surface area contributed by atoms with Crippen molar-refractivity contribution in [2.24, 2.45) is 0 Å². The molecule has 4 rings (SSSR count). The number of halogens is 1. The molecule has 156 valence electrons. The smallest absolute Gasteiger partial charge is 0.217 e. The highest BCUT2D eigenvalue weighted by Gasteiger charge is 2.16. The number of anilines is 1. The molecule has 30 heavy (non-hydrogen) atoms. The van der Waals surface area contributed by atoms with Gasteiger partial charge >= 0.3 is 0 Å². The Labute approximate surface area is 177 Å². The minimum absolute atomic E-state index is 0.271. The van der Waals surface area contributed by atoms with Gasteiger partial charge < -0.3 is 9.64 Å². The highest BCUT2D eigenvalue weighted by molar-refractivity contribution is 5.55. The molecule has 6 heteroatoms. The summed E-state index contributed by atoms with van der Waals surface area (Å²) in [4.78, 5) is 13.8. The van der Waals surface area contributed by atoms with E-state index in [1.807, 2.05) is 13.0 Å². The van der Waals surface area contributed by atoms with Gasteiger partial charge in [-0.15, -0.1) is 0 Å². The average Bonchev–Trinajstić information content (AvgIpc) is 2.78. The van der Waals surface area contributed by atoms with Crippen molar-refractivity contribution in [2.75, 3.05) is 44.2 Å². The lowest BCUT2D eigenvalue weighted by atomic mass is 10.2. The van der Waals surface area contributed by atoms with Crippen molar-refractivity contribution in [3.05, 3.63) is 72.2 Å². The maximum atomic E-state index is 13.2. The van der Waals surface area contributed by atoms with Crippen molar-refractivity contribution in [1.29, 1.82) is 0 Å². The molecule has 0 spiro atoms. The fourth-order valence-corrected chi connectivity index (χ4v) is 3.68. The van der Waals surface area contributed by atoms with Gasteiger partial charge in [-0.2, -0.15) is 4.98 Å². The zero-order valence-electron chi connectivity index (χ0n) is 17.3. The Bertz CT molecular complexity index is 941. The molecule has 0 atom stereocenters. The Morgan fingerprint density at radius 1 is 0.933 bits per heavy atom. The van der Waals surface area contributed by atoms with E-state index in [1.165, 1.54) is 17.8 Å². The standard InChI is InChI=1S/C24H27FN4O/c1-19-18-23(27-24(26-19)20-8-10-21(25)11-9-20)30-17-5-12-28-13-15-29(16-14-28)22-6-3-2-4-7-22/h2-4,6-11,18H,5,12-17H2,1H3. The van der Waals surface area contributed by atoms with Crippen LogP contribution < -0.4 is 9.64 Å². The first-order valence-electron chi connectivity index (χ1n) is 10.4. The molecule has 3 aromatic rings. The zero-order chi connectivity index (χ0) is 20.8. The van der Waals surface area contributed by atoms with Crippen LogP contribution in [-0.2, 0) is 0 Å². The van der Waals surface area contributed by atoms with Gasteiger partial charge in [-0.05, 0) is 49.7 Å². The Balaban J connectivity index is 1.24. The fourth-order valence-electron chi connectivity index (χ4n) is 3.68. The summed E-state index contributed by atoms with van der Waals surface area (Å²) in [6.45, 7) is 7.77. The zero-order valence-corrected chi connectivity index (χ0v) is 17.3. The number of nitrogens with zero attached hydrogens (tertiary/aromatic N) is 4. The number of rotatable bonds is 7. The van der Waals surface area contributed by atoms with Crippen molar-refractivity contribution in [3.8, 4) is 17.3 Å². The molecule has 0 amide bonds. The number of hydrogen-bond donors (Lipinski definition) is 0. The van der Waals surface area contributed by atoms with E-state index >= 15 is 0 Å². The minimum Gasteiger partial charge on any atom is -0.478 e. The lowest BCUT2D eigenvalue weighted by molar-refractivity contribution is 0.222. The van der Waals surface area contributed by atoms with Gasteiger partial charge in [-0.1, -0.05) is 18.2 Å². The summed E-state index contributed by atoms with van der Waals surface area (Å²) in [7, 11) is 0. The molecule has 0 radical (unpaired) electrons. The summed E-state index contributed by atoms with van der Waals surface area (Å²) in [5, 5.41) is 0.